The highest BCUT2D eigenvalue weighted by atomic mass is 32.2. The van der Waals surface area contributed by atoms with Crippen LogP contribution in [0.2, 0.25) is 0 Å². The Hall–Kier alpha value is -1.83. The van der Waals surface area contributed by atoms with E-state index in [9.17, 15) is 10.1 Å². The van der Waals surface area contributed by atoms with E-state index in [1.54, 1.807) is 4.57 Å². The average Bonchev–Trinajstić information content (AvgIpc) is 2.82. The van der Waals surface area contributed by atoms with Crippen molar-refractivity contribution in [3.63, 3.8) is 0 Å². The molecule has 0 amide bonds. The lowest BCUT2D eigenvalue weighted by molar-refractivity contribution is 0.518. The molecule has 5 nitrogen and oxygen atoms in total. The third kappa shape index (κ3) is 3.63. The van der Waals surface area contributed by atoms with Crippen molar-refractivity contribution in [1.29, 1.82) is 10.5 Å². The van der Waals surface area contributed by atoms with Crippen LogP contribution in [0.25, 0.3) is 10.2 Å². The van der Waals surface area contributed by atoms with Gasteiger partial charge in [-0.05, 0) is 39.7 Å². The maximum Gasteiger partial charge on any atom is 0.263 e. The van der Waals surface area contributed by atoms with E-state index in [0.717, 1.165) is 15.3 Å². The van der Waals surface area contributed by atoms with Gasteiger partial charge in [-0.1, -0.05) is 11.8 Å². The fraction of sp³-hybridized carbons (Fsp3) is 0.529. The van der Waals surface area contributed by atoms with Gasteiger partial charge in [0.2, 0.25) is 0 Å². The number of hydrogen-bond acceptors (Lipinski definition) is 6. The Morgan fingerprint density at radius 3 is 2.62 bits per heavy atom. The average molecular weight is 361 g/mol. The highest BCUT2D eigenvalue weighted by Crippen LogP contribution is 2.30. The van der Waals surface area contributed by atoms with Crippen LogP contribution < -0.4 is 5.56 Å². The second-order valence-corrected chi connectivity index (χ2v) is 8.15. The van der Waals surface area contributed by atoms with E-state index in [4.69, 9.17) is 10.2 Å². The Morgan fingerprint density at radius 2 is 2.04 bits per heavy atom. The number of fused-ring (bicyclic) bond motifs is 1. The SMILES string of the molecule is Cc1sc2nc(SCC(C#N)CCC#N)n(C(C)C)c(=O)c2c1C. The summed E-state index contributed by atoms with van der Waals surface area (Å²) in [5.74, 6) is 0.321. The molecule has 2 aromatic rings. The number of hydrogen-bond donors (Lipinski definition) is 0. The van der Waals surface area contributed by atoms with Crippen molar-refractivity contribution in [2.75, 3.05) is 5.75 Å². The summed E-state index contributed by atoms with van der Waals surface area (Å²) in [6.07, 6.45) is 0.914. The van der Waals surface area contributed by atoms with Crippen LogP contribution in [0.4, 0.5) is 0 Å². The fourth-order valence-electron chi connectivity index (χ4n) is 2.44. The lowest BCUT2D eigenvalue weighted by Crippen LogP contribution is -2.25. The Morgan fingerprint density at radius 1 is 1.33 bits per heavy atom. The fourth-order valence-corrected chi connectivity index (χ4v) is 4.70. The number of nitriles is 2. The third-order valence-corrected chi connectivity index (χ3v) is 6.14. The Bertz CT molecular complexity index is 883. The largest absolute Gasteiger partial charge is 0.284 e. The molecule has 2 heterocycles. The van der Waals surface area contributed by atoms with Gasteiger partial charge in [0.05, 0.1) is 23.4 Å². The molecule has 1 atom stereocenters. The smallest absolute Gasteiger partial charge is 0.263 e. The minimum atomic E-state index is -0.213. The summed E-state index contributed by atoms with van der Waals surface area (Å²) in [6.45, 7) is 7.89. The molecule has 0 N–H and O–H groups in total. The van der Waals surface area contributed by atoms with E-state index in [1.165, 1.54) is 23.1 Å². The molecule has 0 fully saturated rings. The van der Waals surface area contributed by atoms with E-state index in [0.29, 0.717) is 29.1 Å². The van der Waals surface area contributed by atoms with Crippen molar-refractivity contribution in [1.82, 2.24) is 9.55 Å². The van der Waals surface area contributed by atoms with Gasteiger partial charge in [-0.25, -0.2) is 4.98 Å². The van der Waals surface area contributed by atoms with Crippen LogP contribution in [0.3, 0.4) is 0 Å². The first-order chi connectivity index (χ1) is 11.4. The van der Waals surface area contributed by atoms with Gasteiger partial charge >= 0.3 is 0 Å². The quantitative estimate of drug-likeness (QED) is 0.570. The van der Waals surface area contributed by atoms with Crippen LogP contribution in [0.1, 0.15) is 43.2 Å². The summed E-state index contributed by atoms with van der Waals surface area (Å²) in [5, 5.41) is 19.2. The predicted molar refractivity (Wildman–Crippen MR) is 98.4 cm³/mol. The molecule has 24 heavy (non-hydrogen) atoms. The Kier molecular flexibility index (Phi) is 6.04. The van der Waals surface area contributed by atoms with Gasteiger partial charge in [-0.2, -0.15) is 10.5 Å². The van der Waals surface area contributed by atoms with Crippen molar-refractivity contribution in [2.45, 2.75) is 51.7 Å². The summed E-state index contributed by atoms with van der Waals surface area (Å²) >= 11 is 2.96. The monoisotopic (exact) mass is 360 g/mol. The highest BCUT2D eigenvalue weighted by Gasteiger charge is 2.19. The van der Waals surface area contributed by atoms with Crippen LogP contribution in [0.15, 0.2) is 9.95 Å². The number of aromatic nitrogens is 2. The van der Waals surface area contributed by atoms with Gasteiger partial charge in [0, 0.05) is 23.1 Å². The van der Waals surface area contributed by atoms with Crippen molar-refractivity contribution in [3.05, 3.63) is 20.8 Å². The molecular weight excluding hydrogens is 340 g/mol. The minimum Gasteiger partial charge on any atom is -0.284 e. The van der Waals surface area contributed by atoms with E-state index < -0.39 is 0 Å². The molecule has 0 bridgehead atoms. The van der Waals surface area contributed by atoms with E-state index in [2.05, 4.69) is 12.1 Å². The van der Waals surface area contributed by atoms with Crippen LogP contribution in [-0.4, -0.2) is 15.3 Å². The normalized spacial score (nSPS) is 12.3. The number of thiophene rings is 1. The van der Waals surface area contributed by atoms with Crippen LogP contribution in [-0.2, 0) is 0 Å². The molecule has 0 aliphatic heterocycles. The van der Waals surface area contributed by atoms with Crippen LogP contribution in [0, 0.1) is 42.4 Å². The van der Waals surface area contributed by atoms with Gasteiger partial charge in [-0.3, -0.25) is 9.36 Å². The second kappa shape index (κ2) is 7.83. The Labute approximate surface area is 149 Å². The summed E-state index contributed by atoms with van der Waals surface area (Å²) < 4.78 is 1.71. The first-order valence-corrected chi connectivity index (χ1v) is 9.62. The topological polar surface area (TPSA) is 82.5 Å². The Balaban J connectivity index is 2.43. The second-order valence-electron chi connectivity index (χ2n) is 5.96. The van der Waals surface area contributed by atoms with Crippen molar-refractivity contribution in [3.8, 4) is 12.1 Å². The zero-order valence-corrected chi connectivity index (χ0v) is 15.9. The summed E-state index contributed by atoms with van der Waals surface area (Å²) in [4.78, 5) is 19.5. The molecule has 0 radical (unpaired) electrons. The molecule has 0 aliphatic carbocycles. The molecule has 0 saturated heterocycles. The molecule has 0 spiro atoms. The molecule has 2 rings (SSSR count). The third-order valence-electron chi connectivity index (χ3n) is 3.92. The standard InChI is InChI=1S/C17H20N4OS2/c1-10(2)21-16(22)14-11(3)12(4)24-15(14)20-17(21)23-9-13(8-19)6-5-7-18/h10,13H,5-6,9H2,1-4H3. The summed E-state index contributed by atoms with van der Waals surface area (Å²) in [7, 11) is 0. The van der Waals surface area contributed by atoms with Crippen molar-refractivity contribution >= 4 is 33.3 Å². The first-order valence-electron chi connectivity index (χ1n) is 7.82. The van der Waals surface area contributed by atoms with Crippen molar-refractivity contribution in [2.24, 2.45) is 5.92 Å². The van der Waals surface area contributed by atoms with Crippen LogP contribution >= 0.6 is 23.1 Å². The maximum atomic E-state index is 12.9. The van der Waals surface area contributed by atoms with E-state index >= 15 is 0 Å². The number of thioether (sulfide) groups is 1. The molecule has 1 unspecified atom stereocenters. The molecule has 0 aromatic carbocycles. The summed E-state index contributed by atoms with van der Waals surface area (Å²) in [5.41, 5.74) is 0.993. The van der Waals surface area contributed by atoms with Crippen LogP contribution in [0.5, 0.6) is 0 Å². The predicted octanol–water partition coefficient (Wildman–Crippen LogP) is 4.19. The molecule has 0 aliphatic rings. The zero-order valence-electron chi connectivity index (χ0n) is 14.3. The number of rotatable bonds is 6. The molecule has 7 heteroatoms. The number of aryl methyl sites for hydroxylation is 2. The van der Waals surface area contributed by atoms with E-state index in [1.807, 2.05) is 27.7 Å². The maximum absolute atomic E-state index is 12.9. The highest BCUT2D eigenvalue weighted by molar-refractivity contribution is 7.99. The summed E-state index contributed by atoms with van der Waals surface area (Å²) in [6, 6.07) is 4.31. The zero-order chi connectivity index (χ0) is 17.9. The molecule has 0 saturated carbocycles. The molecular formula is C17H20N4OS2. The lowest BCUT2D eigenvalue weighted by Gasteiger charge is -2.16. The molecule has 2 aromatic heterocycles. The molecule has 126 valence electrons. The lowest BCUT2D eigenvalue weighted by atomic mass is 10.1. The van der Waals surface area contributed by atoms with Gasteiger partial charge in [0.25, 0.3) is 5.56 Å². The van der Waals surface area contributed by atoms with Gasteiger partial charge in [0.15, 0.2) is 5.16 Å². The van der Waals surface area contributed by atoms with Crippen molar-refractivity contribution < 1.29 is 0 Å². The minimum absolute atomic E-state index is 0.00356. The van der Waals surface area contributed by atoms with Gasteiger partial charge in [-0.15, -0.1) is 11.3 Å². The van der Waals surface area contributed by atoms with E-state index in [-0.39, 0.29) is 17.5 Å². The number of nitrogens with zero attached hydrogens (tertiary/aromatic N) is 4. The van der Waals surface area contributed by atoms with Gasteiger partial charge in [0.1, 0.15) is 4.83 Å². The first kappa shape index (κ1) is 18.5. The van der Waals surface area contributed by atoms with Gasteiger partial charge < -0.3 is 0 Å².